The second-order valence-electron chi connectivity index (χ2n) is 7.65. The molecule has 4 rings (SSSR count). The average Bonchev–Trinajstić information content (AvgIpc) is 2.70. The highest BCUT2D eigenvalue weighted by Crippen LogP contribution is 2.73. The van der Waals surface area contributed by atoms with E-state index in [1.807, 2.05) is 0 Å². The minimum atomic E-state index is -0.561. The molecule has 0 aromatic carbocycles. The van der Waals surface area contributed by atoms with Crippen molar-refractivity contribution in [1.29, 1.82) is 0 Å². The number of aliphatic hydroxyl groups excluding tert-OH is 1. The third-order valence-corrected chi connectivity index (χ3v) is 6.98. The Morgan fingerprint density at radius 3 is 2.67 bits per heavy atom. The van der Waals surface area contributed by atoms with Gasteiger partial charge in [0.2, 0.25) is 0 Å². The minimum absolute atomic E-state index is 0.0126. The van der Waals surface area contributed by atoms with Crippen LogP contribution in [-0.4, -0.2) is 29.2 Å². The van der Waals surface area contributed by atoms with E-state index in [-0.39, 0.29) is 22.7 Å². The van der Waals surface area contributed by atoms with Gasteiger partial charge in [0, 0.05) is 16.7 Å². The fraction of sp³-hybridized carbons (Fsp3) is 0.933. The summed E-state index contributed by atoms with van der Waals surface area (Å²) in [6.07, 6.45) is 2.57. The van der Waals surface area contributed by atoms with Crippen LogP contribution in [0.2, 0.25) is 0 Å². The topological polar surface area (TPSA) is 46.5 Å². The van der Waals surface area contributed by atoms with Gasteiger partial charge in [-0.2, -0.15) is 0 Å². The third-order valence-electron chi connectivity index (χ3n) is 6.98. The summed E-state index contributed by atoms with van der Waals surface area (Å²) in [7, 11) is 0. The van der Waals surface area contributed by atoms with Crippen molar-refractivity contribution < 1.29 is 14.6 Å². The Balaban J connectivity index is 1.90. The van der Waals surface area contributed by atoms with Crippen LogP contribution in [-0.2, 0) is 9.53 Å². The fourth-order valence-corrected chi connectivity index (χ4v) is 5.77. The van der Waals surface area contributed by atoms with Gasteiger partial charge in [-0.3, -0.25) is 4.79 Å². The number of fused-ring (bicyclic) bond motifs is 2. The van der Waals surface area contributed by atoms with Crippen molar-refractivity contribution in [1.82, 2.24) is 0 Å². The highest BCUT2D eigenvalue weighted by Gasteiger charge is 2.79. The lowest BCUT2D eigenvalue weighted by Crippen LogP contribution is -2.70. The Kier molecular flexibility index (Phi) is 1.81. The minimum Gasteiger partial charge on any atom is -0.389 e. The maximum absolute atomic E-state index is 12.6. The maximum atomic E-state index is 12.6. The predicted octanol–water partition coefficient (Wildman–Crippen LogP) is 1.78. The molecule has 0 unspecified atom stereocenters. The summed E-state index contributed by atoms with van der Waals surface area (Å²) < 4.78 is 6.14. The molecule has 3 heteroatoms. The highest BCUT2D eigenvalue weighted by molar-refractivity contribution is 5.87. The molecular formula is C15H22O3. The fourth-order valence-electron chi connectivity index (χ4n) is 5.77. The van der Waals surface area contributed by atoms with Gasteiger partial charge >= 0.3 is 0 Å². The number of ketones is 1. The molecular weight excluding hydrogens is 228 g/mol. The lowest BCUT2D eigenvalue weighted by atomic mass is 9.43. The van der Waals surface area contributed by atoms with E-state index in [1.54, 1.807) is 0 Å². The summed E-state index contributed by atoms with van der Waals surface area (Å²) in [5, 5.41) is 10.8. The molecule has 1 spiro atoms. The number of hydrogen-bond donors (Lipinski definition) is 1. The molecule has 1 aliphatic heterocycles. The SMILES string of the molecule is C[C@H]1C(=O)[C@H]2C[C@@]3(C)CO[C@@]2([C@H]3O)[C@@]2(C)CC[C@@H]12. The van der Waals surface area contributed by atoms with E-state index in [2.05, 4.69) is 20.8 Å². The van der Waals surface area contributed by atoms with Crippen molar-refractivity contribution >= 4 is 5.78 Å². The molecule has 4 fully saturated rings. The number of carbonyl (C=O) groups excluding carboxylic acids is 1. The molecule has 0 aromatic rings. The molecule has 3 aliphatic carbocycles. The normalized spacial score (nSPS) is 65.4. The number of ether oxygens (including phenoxy) is 1. The van der Waals surface area contributed by atoms with E-state index in [4.69, 9.17) is 4.74 Å². The van der Waals surface area contributed by atoms with Gasteiger partial charge in [0.25, 0.3) is 0 Å². The molecule has 3 saturated carbocycles. The van der Waals surface area contributed by atoms with Crippen LogP contribution in [0.5, 0.6) is 0 Å². The summed E-state index contributed by atoms with van der Waals surface area (Å²) >= 11 is 0. The van der Waals surface area contributed by atoms with Gasteiger partial charge in [0.1, 0.15) is 11.4 Å². The smallest absolute Gasteiger partial charge is 0.142 e. The van der Waals surface area contributed by atoms with Crippen molar-refractivity contribution in [2.75, 3.05) is 6.61 Å². The van der Waals surface area contributed by atoms with E-state index in [0.717, 1.165) is 19.3 Å². The van der Waals surface area contributed by atoms with E-state index in [0.29, 0.717) is 18.3 Å². The second kappa shape index (κ2) is 2.85. The zero-order valence-corrected chi connectivity index (χ0v) is 11.4. The number of Topliss-reactive ketones (excluding diaryl/α,β-unsaturated/α-hetero) is 1. The number of hydrogen-bond acceptors (Lipinski definition) is 3. The van der Waals surface area contributed by atoms with Crippen molar-refractivity contribution in [3.05, 3.63) is 0 Å². The predicted molar refractivity (Wildman–Crippen MR) is 65.9 cm³/mol. The second-order valence-corrected chi connectivity index (χ2v) is 7.65. The molecule has 0 aromatic heterocycles. The van der Waals surface area contributed by atoms with Crippen LogP contribution in [0.3, 0.4) is 0 Å². The van der Waals surface area contributed by atoms with E-state index >= 15 is 0 Å². The van der Waals surface area contributed by atoms with E-state index in [9.17, 15) is 9.90 Å². The van der Waals surface area contributed by atoms with Crippen molar-refractivity contribution in [3.8, 4) is 0 Å². The molecule has 1 saturated heterocycles. The molecule has 100 valence electrons. The van der Waals surface area contributed by atoms with Crippen LogP contribution in [0.1, 0.15) is 40.0 Å². The van der Waals surface area contributed by atoms with Crippen LogP contribution < -0.4 is 0 Å². The molecule has 4 aliphatic rings. The zero-order chi connectivity index (χ0) is 12.9. The highest BCUT2D eigenvalue weighted by atomic mass is 16.5. The van der Waals surface area contributed by atoms with Crippen molar-refractivity contribution in [3.63, 3.8) is 0 Å². The molecule has 18 heavy (non-hydrogen) atoms. The molecule has 0 amide bonds. The first-order valence-corrected chi connectivity index (χ1v) is 7.23. The van der Waals surface area contributed by atoms with Gasteiger partial charge < -0.3 is 9.84 Å². The first kappa shape index (κ1) is 11.4. The van der Waals surface area contributed by atoms with Crippen LogP contribution in [0.4, 0.5) is 0 Å². The summed E-state index contributed by atoms with van der Waals surface area (Å²) in [5.74, 6) is 0.844. The van der Waals surface area contributed by atoms with Gasteiger partial charge in [0.15, 0.2) is 0 Å². The first-order chi connectivity index (χ1) is 8.37. The van der Waals surface area contributed by atoms with Crippen LogP contribution in [0.15, 0.2) is 0 Å². The standard InChI is InChI=1S/C15H22O3/c1-8-9-4-5-14(9,3)15-10(11(8)16)6-13(2,7-18-15)12(15)17/h8-10,12,17H,4-7H2,1-3H3/t8-,9+,10-,12+,13+,14+,15+/m1/s1. The van der Waals surface area contributed by atoms with E-state index < -0.39 is 11.7 Å². The quantitative estimate of drug-likeness (QED) is 0.713. The number of rotatable bonds is 0. The third kappa shape index (κ3) is 0.847. The summed E-state index contributed by atoms with van der Waals surface area (Å²) in [6, 6.07) is 0. The first-order valence-electron chi connectivity index (χ1n) is 7.23. The largest absolute Gasteiger partial charge is 0.389 e. The Morgan fingerprint density at radius 1 is 1.39 bits per heavy atom. The number of aliphatic hydroxyl groups is 1. The zero-order valence-electron chi connectivity index (χ0n) is 11.4. The molecule has 0 radical (unpaired) electrons. The average molecular weight is 250 g/mol. The maximum Gasteiger partial charge on any atom is 0.142 e. The van der Waals surface area contributed by atoms with Crippen LogP contribution in [0.25, 0.3) is 0 Å². The van der Waals surface area contributed by atoms with Gasteiger partial charge in [-0.1, -0.05) is 20.8 Å². The summed E-state index contributed by atoms with van der Waals surface area (Å²) in [4.78, 5) is 12.6. The monoisotopic (exact) mass is 250 g/mol. The Labute approximate surface area is 108 Å². The van der Waals surface area contributed by atoms with Crippen molar-refractivity contribution in [2.45, 2.75) is 51.7 Å². The van der Waals surface area contributed by atoms with Gasteiger partial charge in [-0.15, -0.1) is 0 Å². The molecule has 1 N–H and O–H groups in total. The Hall–Kier alpha value is -0.410. The lowest BCUT2D eigenvalue weighted by Gasteiger charge is -2.64. The van der Waals surface area contributed by atoms with Crippen molar-refractivity contribution in [2.24, 2.45) is 28.6 Å². The van der Waals surface area contributed by atoms with Crippen LogP contribution >= 0.6 is 0 Å². The van der Waals surface area contributed by atoms with Gasteiger partial charge in [0.05, 0.1) is 18.6 Å². The Morgan fingerprint density at radius 2 is 2.11 bits per heavy atom. The molecule has 3 nitrogen and oxygen atoms in total. The summed E-state index contributed by atoms with van der Waals surface area (Å²) in [6.45, 7) is 7.03. The number of carbonyl (C=O) groups is 1. The lowest BCUT2D eigenvalue weighted by molar-refractivity contribution is -0.246. The molecule has 1 heterocycles. The van der Waals surface area contributed by atoms with E-state index in [1.165, 1.54) is 0 Å². The Bertz CT molecular complexity index is 447. The van der Waals surface area contributed by atoms with Gasteiger partial charge in [-0.25, -0.2) is 0 Å². The summed E-state index contributed by atoms with van der Waals surface area (Å²) in [5.41, 5.74) is -0.750. The molecule has 7 atom stereocenters. The van der Waals surface area contributed by atoms with Crippen LogP contribution in [0, 0.1) is 28.6 Å². The molecule has 2 bridgehead atoms. The van der Waals surface area contributed by atoms with Gasteiger partial charge in [-0.05, 0) is 25.2 Å².